The van der Waals surface area contributed by atoms with E-state index >= 15 is 0 Å². The van der Waals surface area contributed by atoms with Gasteiger partial charge in [0.25, 0.3) is 0 Å². The molecule has 0 amide bonds. The summed E-state index contributed by atoms with van der Waals surface area (Å²) in [5.41, 5.74) is 9.29. The number of benzene rings is 1. The number of aromatic nitrogens is 2. The van der Waals surface area contributed by atoms with E-state index in [1.165, 1.54) is 0 Å². The van der Waals surface area contributed by atoms with Gasteiger partial charge in [-0.15, -0.1) is 0 Å². The molecule has 0 spiro atoms. The first-order valence-electron chi connectivity index (χ1n) is 6.83. The Morgan fingerprint density at radius 2 is 2.26 bits per heavy atom. The molecule has 0 aliphatic heterocycles. The normalized spacial score (nSPS) is 11.7. The van der Waals surface area contributed by atoms with Crippen molar-refractivity contribution in [3.8, 4) is 0 Å². The summed E-state index contributed by atoms with van der Waals surface area (Å²) in [7, 11) is 0. The zero-order valence-corrected chi connectivity index (χ0v) is 12.3. The van der Waals surface area contributed by atoms with Crippen molar-refractivity contribution in [2.45, 2.75) is 19.3 Å². The van der Waals surface area contributed by atoms with E-state index in [2.05, 4.69) is 20.0 Å². The molecule has 0 bridgehead atoms. The van der Waals surface area contributed by atoms with E-state index in [1.807, 2.05) is 0 Å². The second-order valence-electron chi connectivity index (χ2n) is 4.85. The Balaban J connectivity index is 2.38. The van der Waals surface area contributed by atoms with Gasteiger partial charge >= 0.3 is 5.97 Å². The summed E-state index contributed by atoms with van der Waals surface area (Å²) in [4.78, 5) is 32.6. The Kier molecular flexibility index (Phi) is 4.72. The molecule has 9 heteroatoms. The third kappa shape index (κ3) is 3.35. The van der Waals surface area contributed by atoms with Crippen LogP contribution in [0.5, 0.6) is 0 Å². The van der Waals surface area contributed by atoms with Crippen LogP contribution in [-0.4, -0.2) is 39.1 Å². The van der Waals surface area contributed by atoms with Gasteiger partial charge in [0.05, 0.1) is 23.5 Å². The number of carbonyl (C=O) groups is 2. The highest BCUT2D eigenvalue weighted by Gasteiger charge is 2.24. The summed E-state index contributed by atoms with van der Waals surface area (Å²) in [5, 5.41) is 19.8. The molecule has 0 unspecified atom stereocenters. The molecule has 1 aromatic heterocycles. The zero-order chi connectivity index (χ0) is 17.0. The van der Waals surface area contributed by atoms with E-state index in [4.69, 9.17) is 16.0 Å². The van der Waals surface area contributed by atoms with Gasteiger partial charge in [0.2, 0.25) is 0 Å². The van der Waals surface area contributed by atoms with Gasteiger partial charge in [-0.1, -0.05) is 12.0 Å². The average molecular weight is 314 g/mol. The Morgan fingerprint density at radius 1 is 1.52 bits per heavy atom. The minimum absolute atomic E-state index is 0.274. The molecule has 2 aromatic rings. The molecule has 9 nitrogen and oxygen atoms in total. The van der Waals surface area contributed by atoms with Gasteiger partial charge in [0.1, 0.15) is 11.5 Å². The van der Waals surface area contributed by atoms with Crippen LogP contribution in [0.25, 0.3) is 21.5 Å². The van der Waals surface area contributed by atoms with Gasteiger partial charge in [-0.3, -0.25) is 10.2 Å². The van der Waals surface area contributed by atoms with E-state index in [0.717, 1.165) is 0 Å². The number of aromatic amines is 1. The van der Waals surface area contributed by atoms with Crippen LogP contribution in [0, 0.1) is 5.41 Å². The van der Waals surface area contributed by atoms with E-state index in [-0.39, 0.29) is 12.3 Å². The molecule has 0 radical (unpaired) electrons. The number of hydrogen-bond donors (Lipinski definition) is 3. The van der Waals surface area contributed by atoms with Gasteiger partial charge in [-0.05, 0) is 30.2 Å². The van der Waals surface area contributed by atoms with Crippen LogP contribution < -0.4 is 0 Å². The van der Waals surface area contributed by atoms with Crippen LogP contribution in [0.15, 0.2) is 23.3 Å². The number of H-pyrrole nitrogens is 1. The number of fused-ring (bicyclic) bond motifs is 1. The van der Waals surface area contributed by atoms with Crippen LogP contribution in [0.2, 0.25) is 0 Å². The smallest absolute Gasteiger partial charge is 0.350 e. The van der Waals surface area contributed by atoms with Crippen molar-refractivity contribution in [2.75, 3.05) is 6.54 Å². The molecule has 2 rings (SSSR count). The number of carboxylic acid groups (broad SMARTS) is 1. The fraction of sp³-hybridized carbons (Fsp3) is 0.286. The number of nitrogens with one attached hydrogen (secondary N) is 2. The summed E-state index contributed by atoms with van der Waals surface area (Å²) >= 11 is 0. The first-order valence-corrected chi connectivity index (χ1v) is 6.83. The monoisotopic (exact) mass is 314 g/mol. The Hall–Kier alpha value is -3.19. The molecular formula is C14H14N6O3. The molecule has 3 N–H and O–H groups in total. The molecule has 1 heterocycles. The second-order valence-corrected chi connectivity index (χ2v) is 4.85. The summed E-state index contributed by atoms with van der Waals surface area (Å²) in [6, 6.07) is 4.75. The third-order valence-electron chi connectivity index (χ3n) is 3.42. The van der Waals surface area contributed by atoms with Crippen molar-refractivity contribution < 1.29 is 14.7 Å². The second kappa shape index (κ2) is 6.71. The van der Waals surface area contributed by atoms with Gasteiger partial charge in [0, 0.05) is 10.5 Å². The number of rotatable bonds is 7. The number of hydrogen-bond acceptors (Lipinski definition) is 5. The predicted molar refractivity (Wildman–Crippen MR) is 82.8 cm³/mol. The maximum Gasteiger partial charge on any atom is 0.350 e. The highest BCUT2D eigenvalue weighted by atomic mass is 16.4. The van der Waals surface area contributed by atoms with Crippen LogP contribution >= 0.6 is 0 Å². The Labute approximate surface area is 130 Å². The summed E-state index contributed by atoms with van der Waals surface area (Å²) < 4.78 is 0. The fourth-order valence-corrected chi connectivity index (χ4v) is 2.24. The van der Waals surface area contributed by atoms with Crippen LogP contribution in [0.1, 0.15) is 35.4 Å². The number of carboxylic acids is 1. The summed E-state index contributed by atoms with van der Waals surface area (Å²) in [6.07, 6.45) is 0.410. The van der Waals surface area contributed by atoms with Crippen molar-refractivity contribution in [2.24, 2.45) is 5.11 Å². The molecule has 0 aliphatic carbocycles. The standard InChI is InChI=1S/C14H14N6O3/c1-2-8(12(15)14(22)23)13-18-9-4-3-7(5-10(9)19-13)11(21)6-17-20-16/h3-5,8,15H,2,6H2,1H3,(H,18,19)(H,22,23)/t8-/m0/s1. The average Bonchev–Trinajstić information content (AvgIpc) is 2.95. The first kappa shape index (κ1) is 16.2. The number of nitrogens with zero attached hydrogens (tertiary/aromatic N) is 4. The van der Waals surface area contributed by atoms with Gasteiger partial charge < -0.3 is 10.1 Å². The lowest BCUT2D eigenvalue weighted by molar-refractivity contribution is -0.129. The molecule has 1 aromatic carbocycles. The van der Waals surface area contributed by atoms with Gasteiger partial charge in [-0.25, -0.2) is 9.78 Å². The number of carbonyl (C=O) groups excluding carboxylic acids is 1. The molecule has 0 saturated heterocycles. The zero-order valence-electron chi connectivity index (χ0n) is 12.3. The van der Waals surface area contributed by atoms with Crippen LogP contribution in [-0.2, 0) is 4.79 Å². The molecular weight excluding hydrogens is 300 g/mol. The molecule has 0 aliphatic rings. The van der Waals surface area contributed by atoms with Crippen molar-refractivity contribution >= 4 is 28.5 Å². The first-order chi connectivity index (χ1) is 11.0. The lowest BCUT2D eigenvalue weighted by Crippen LogP contribution is -2.21. The predicted octanol–water partition coefficient (Wildman–Crippen LogP) is 2.65. The van der Waals surface area contributed by atoms with E-state index < -0.39 is 17.6 Å². The lowest BCUT2D eigenvalue weighted by Gasteiger charge is -2.09. The van der Waals surface area contributed by atoms with Crippen molar-refractivity contribution in [1.82, 2.24) is 9.97 Å². The number of azide groups is 1. The minimum atomic E-state index is -1.29. The van der Waals surface area contributed by atoms with E-state index in [1.54, 1.807) is 25.1 Å². The molecule has 0 fully saturated rings. The number of ketones is 1. The van der Waals surface area contributed by atoms with Crippen molar-refractivity contribution in [3.63, 3.8) is 0 Å². The fourth-order valence-electron chi connectivity index (χ4n) is 2.24. The maximum absolute atomic E-state index is 11.8. The van der Waals surface area contributed by atoms with Crippen molar-refractivity contribution in [1.29, 1.82) is 5.41 Å². The highest BCUT2D eigenvalue weighted by molar-refractivity contribution is 6.36. The topological polar surface area (TPSA) is 156 Å². The number of aliphatic carboxylic acids is 1. The summed E-state index contributed by atoms with van der Waals surface area (Å²) in [5.74, 6) is -1.90. The van der Waals surface area contributed by atoms with Crippen molar-refractivity contribution in [3.05, 3.63) is 40.0 Å². The quantitative estimate of drug-likeness (QED) is 0.236. The minimum Gasteiger partial charge on any atom is -0.477 e. The number of imidazole rings is 1. The largest absolute Gasteiger partial charge is 0.477 e. The van der Waals surface area contributed by atoms with Gasteiger partial charge in [-0.2, -0.15) is 0 Å². The maximum atomic E-state index is 11.8. The van der Waals surface area contributed by atoms with E-state index in [9.17, 15) is 9.59 Å². The summed E-state index contributed by atoms with van der Waals surface area (Å²) in [6.45, 7) is 1.49. The SMILES string of the molecule is CC[C@@H](C(=N)C(=O)O)c1nc2ccc(C(=O)CN=[N+]=[N-])cc2[nH]1. The number of Topliss-reactive ketones (excluding diaryl/α,β-unsaturated/α-hetero) is 1. The molecule has 118 valence electrons. The van der Waals surface area contributed by atoms with E-state index in [0.29, 0.717) is 28.8 Å². The Morgan fingerprint density at radius 3 is 2.87 bits per heavy atom. The molecule has 1 atom stereocenters. The molecule has 0 saturated carbocycles. The van der Waals surface area contributed by atoms with Crippen LogP contribution in [0.4, 0.5) is 0 Å². The lowest BCUT2D eigenvalue weighted by atomic mass is 10.00. The Bertz CT molecular complexity index is 834. The highest BCUT2D eigenvalue weighted by Crippen LogP contribution is 2.22. The molecule has 23 heavy (non-hydrogen) atoms. The third-order valence-corrected chi connectivity index (χ3v) is 3.42. The van der Waals surface area contributed by atoms with Gasteiger partial charge in [0.15, 0.2) is 5.78 Å². The van der Waals surface area contributed by atoms with Crippen LogP contribution in [0.3, 0.4) is 0 Å².